The Morgan fingerprint density at radius 2 is 1.77 bits per heavy atom. The summed E-state index contributed by atoms with van der Waals surface area (Å²) < 4.78 is 2.04. The van der Waals surface area contributed by atoms with Gasteiger partial charge in [0.05, 0.1) is 6.54 Å². The van der Waals surface area contributed by atoms with E-state index in [0.29, 0.717) is 12.3 Å². The first kappa shape index (κ1) is 16.5. The van der Waals surface area contributed by atoms with Gasteiger partial charge in [-0.1, -0.05) is 6.42 Å². The first-order valence-corrected chi connectivity index (χ1v) is 7.66. The third-order valence-corrected chi connectivity index (χ3v) is 4.21. The summed E-state index contributed by atoms with van der Waals surface area (Å²) in [5.41, 5.74) is -0.499. The van der Waals surface area contributed by atoms with E-state index in [1.54, 1.807) is 6.92 Å². The Morgan fingerprint density at radius 3 is 2.41 bits per heavy atom. The molecule has 22 heavy (non-hydrogen) atoms. The summed E-state index contributed by atoms with van der Waals surface area (Å²) in [5, 5.41) is 10.1. The molecular weight excluding hydrogens is 284 g/mol. The van der Waals surface area contributed by atoms with Crippen LogP contribution in [0.2, 0.25) is 0 Å². The maximum atomic E-state index is 12.2. The Bertz CT molecular complexity index is 681. The van der Waals surface area contributed by atoms with Gasteiger partial charge < -0.3 is 10.0 Å². The van der Waals surface area contributed by atoms with Crippen molar-refractivity contribution in [1.82, 2.24) is 14.0 Å². The van der Waals surface area contributed by atoms with E-state index in [4.69, 9.17) is 0 Å². The Labute approximate surface area is 129 Å². The Morgan fingerprint density at radius 1 is 1.14 bits per heavy atom. The van der Waals surface area contributed by atoms with Gasteiger partial charge in [-0.15, -0.1) is 0 Å². The second-order valence-corrected chi connectivity index (χ2v) is 5.77. The van der Waals surface area contributed by atoms with Crippen LogP contribution in [0.5, 0.6) is 5.88 Å². The standard InChI is InChI=1S/C15H24N4O3/c1-11(16-7-10-19-8-5-4-6-9-19)12-13(20)17(2)15(22)18(3)14(12)21/h20H,4-10H2,1-3H3. The molecule has 0 aromatic carbocycles. The number of rotatable bonds is 4. The SMILES string of the molecule is CC(=NCCN1CCCCC1)c1c(O)n(C)c(=O)n(C)c1=O. The van der Waals surface area contributed by atoms with Crippen LogP contribution < -0.4 is 11.2 Å². The van der Waals surface area contributed by atoms with Gasteiger partial charge in [0.25, 0.3) is 5.56 Å². The second kappa shape index (κ2) is 6.91. The molecule has 1 aliphatic rings. The lowest BCUT2D eigenvalue weighted by molar-refractivity contribution is 0.235. The van der Waals surface area contributed by atoms with E-state index in [2.05, 4.69) is 9.89 Å². The number of hydrogen-bond acceptors (Lipinski definition) is 5. The summed E-state index contributed by atoms with van der Waals surface area (Å²) in [6.45, 7) is 5.32. The third-order valence-electron chi connectivity index (χ3n) is 4.21. The van der Waals surface area contributed by atoms with Gasteiger partial charge in [-0.3, -0.25) is 18.9 Å². The van der Waals surface area contributed by atoms with Crippen molar-refractivity contribution in [2.24, 2.45) is 19.1 Å². The molecule has 1 saturated heterocycles. The molecule has 0 aliphatic carbocycles. The normalized spacial score (nSPS) is 17.0. The molecule has 1 aromatic rings. The van der Waals surface area contributed by atoms with Crippen molar-refractivity contribution in [3.05, 3.63) is 26.4 Å². The molecule has 1 N–H and O–H groups in total. The average molecular weight is 308 g/mol. The average Bonchev–Trinajstić information content (AvgIpc) is 2.52. The van der Waals surface area contributed by atoms with E-state index in [9.17, 15) is 14.7 Å². The predicted octanol–water partition coefficient (Wildman–Crippen LogP) is 0.0845. The zero-order valence-corrected chi connectivity index (χ0v) is 13.5. The van der Waals surface area contributed by atoms with Gasteiger partial charge in [-0.25, -0.2) is 4.79 Å². The minimum Gasteiger partial charge on any atom is -0.494 e. The van der Waals surface area contributed by atoms with Crippen molar-refractivity contribution in [3.63, 3.8) is 0 Å². The van der Waals surface area contributed by atoms with Gasteiger partial charge in [0, 0.05) is 26.4 Å². The summed E-state index contributed by atoms with van der Waals surface area (Å²) in [6.07, 6.45) is 3.75. The van der Waals surface area contributed by atoms with Crippen molar-refractivity contribution in [3.8, 4) is 5.88 Å². The highest BCUT2D eigenvalue weighted by Crippen LogP contribution is 2.11. The van der Waals surface area contributed by atoms with Crippen LogP contribution in [0.3, 0.4) is 0 Å². The number of hydrogen-bond donors (Lipinski definition) is 1. The Hall–Kier alpha value is -1.89. The van der Waals surface area contributed by atoms with Crippen LogP contribution in [-0.2, 0) is 14.1 Å². The number of aromatic nitrogens is 2. The van der Waals surface area contributed by atoms with Gasteiger partial charge in [0.2, 0.25) is 5.88 Å². The molecule has 0 radical (unpaired) electrons. The van der Waals surface area contributed by atoms with Crippen LogP contribution >= 0.6 is 0 Å². The van der Waals surface area contributed by atoms with Gasteiger partial charge in [-0.2, -0.15) is 0 Å². The lowest BCUT2D eigenvalue weighted by Crippen LogP contribution is -2.39. The van der Waals surface area contributed by atoms with Crippen LogP contribution in [0.1, 0.15) is 31.7 Å². The molecule has 0 spiro atoms. The second-order valence-electron chi connectivity index (χ2n) is 5.77. The maximum Gasteiger partial charge on any atom is 0.333 e. The van der Waals surface area contributed by atoms with Crippen molar-refractivity contribution < 1.29 is 5.11 Å². The smallest absolute Gasteiger partial charge is 0.333 e. The van der Waals surface area contributed by atoms with E-state index < -0.39 is 11.2 Å². The molecule has 0 bridgehead atoms. The monoisotopic (exact) mass is 308 g/mol. The molecule has 0 saturated carbocycles. The maximum absolute atomic E-state index is 12.2. The number of piperidine rings is 1. The molecule has 1 fully saturated rings. The lowest BCUT2D eigenvalue weighted by Gasteiger charge is -2.25. The van der Waals surface area contributed by atoms with Crippen LogP contribution in [-0.4, -0.2) is 51.0 Å². The van der Waals surface area contributed by atoms with Crippen LogP contribution in [0.4, 0.5) is 0 Å². The van der Waals surface area contributed by atoms with Crippen molar-refractivity contribution in [2.45, 2.75) is 26.2 Å². The topological polar surface area (TPSA) is 79.8 Å². The molecule has 122 valence electrons. The summed E-state index contributed by atoms with van der Waals surface area (Å²) in [4.78, 5) is 30.7. The Kier molecular flexibility index (Phi) is 5.18. The molecule has 7 heteroatoms. The molecule has 0 amide bonds. The minimum absolute atomic E-state index is 0.100. The molecule has 1 aromatic heterocycles. The van der Waals surface area contributed by atoms with Crippen LogP contribution in [0, 0.1) is 0 Å². The molecule has 0 unspecified atom stereocenters. The van der Waals surface area contributed by atoms with E-state index in [-0.39, 0.29) is 11.4 Å². The highest BCUT2D eigenvalue weighted by molar-refractivity contribution is 6.00. The number of nitrogens with zero attached hydrogens (tertiary/aromatic N) is 4. The van der Waals surface area contributed by atoms with Gasteiger partial charge in [0.15, 0.2) is 0 Å². The zero-order valence-electron chi connectivity index (χ0n) is 13.5. The first-order chi connectivity index (χ1) is 10.4. The van der Waals surface area contributed by atoms with Crippen molar-refractivity contribution >= 4 is 5.71 Å². The zero-order chi connectivity index (χ0) is 16.3. The highest BCUT2D eigenvalue weighted by Gasteiger charge is 2.17. The van der Waals surface area contributed by atoms with Crippen molar-refractivity contribution in [2.75, 3.05) is 26.2 Å². The highest BCUT2D eigenvalue weighted by atomic mass is 16.3. The minimum atomic E-state index is -0.549. The third kappa shape index (κ3) is 3.30. The molecule has 2 heterocycles. The number of aliphatic imine (C=N–C) groups is 1. The predicted molar refractivity (Wildman–Crippen MR) is 86.0 cm³/mol. The fraction of sp³-hybridized carbons (Fsp3) is 0.667. The molecular formula is C15H24N4O3. The van der Waals surface area contributed by atoms with Crippen molar-refractivity contribution in [1.29, 1.82) is 0 Å². The summed E-state index contributed by atoms with van der Waals surface area (Å²) in [5.74, 6) is -0.327. The largest absolute Gasteiger partial charge is 0.494 e. The van der Waals surface area contributed by atoms with Gasteiger partial charge in [0.1, 0.15) is 5.56 Å². The summed E-state index contributed by atoms with van der Waals surface area (Å²) in [7, 11) is 2.83. The van der Waals surface area contributed by atoms with E-state index in [1.807, 2.05) is 0 Å². The van der Waals surface area contributed by atoms with E-state index in [0.717, 1.165) is 28.8 Å². The van der Waals surface area contributed by atoms with E-state index in [1.165, 1.54) is 33.4 Å². The molecule has 7 nitrogen and oxygen atoms in total. The van der Waals surface area contributed by atoms with Crippen LogP contribution in [0.25, 0.3) is 0 Å². The van der Waals surface area contributed by atoms with Crippen LogP contribution in [0.15, 0.2) is 14.6 Å². The number of aromatic hydroxyl groups is 1. The lowest BCUT2D eigenvalue weighted by atomic mass is 10.1. The van der Waals surface area contributed by atoms with E-state index >= 15 is 0 Å². The summed E-state index contributed by atoms with van der Waals surface area (Å²) in [6, 6.07) is 0. The summed E-state index contributed by atoms with van der Waals surface area (Å²) >= 11 is 0. The van der Waals surface area contributed by atoms with Gasteiger partial charge >= 0.3 is 5.69 Å². The quantitative estimate of drug-likeness (QED) is 0.799. The Balaban J connectivity index is 2.18. The molecule has 2 rings (SSSR count). The molecule has 0 atom stereocenters. The number of likely N-dealkylation sites (tertiary alicyclic amines) is 1. The fourth-order valence-corrected chi connectivity index (χ4v) is 2.77. The fourth-order valence-electron chi connectivity index (χ4n) is 2.77. The molecule has 1 aliphatic heterocycles. The van der Waals surface area contributed by atoms with Gasteiger partial charge in [-0.05, 0) is 32.9 Å². The first-order valence-electron chi connectivity index (χ1n) is 7.66.